The van der Waals surface area contributed by atoms with Crippen LogP contribution < -0.4 is 5.73 Å². The Balaban J connectivity index is 0.000000361. The molecule has 1 aromatic rings. The predicted molar refractivity (Wildman–Crippen MR) is 78.7 cm³/mol. The van der Waals surface area contributed by atoms with E-state index in [1.54, 1.807) is 19.1 Å². The van der Waals surface area contributed by atoms with Gasteiger partial charge in [-0.05, 0) is 19.1 Å². The molecule has 1 rings (SSSR count). The number of halogens is 3. The van der Waals surface area contributed by atoms with E-state index in [-0.39, 0.29) is 6.61 Å². The van der Waals surface area contributed by atoms with Crippen LogP contribution in [0, 0.1) is 0 Å². The molecule has 112 valence electrons. The lowest BCUT2D eigenvalue weighted by molar-refractivity contribution is -0.141. The van der Waals surface area contributed by atoms with E-state index in [0.29, 0.717) is 20.8 Å². The lowest BCUT2D eigenvalue weighted by atomic mass is 10.3. The maximum absolute atomic E-state index is 10.4. The van der Waals surface area contributed by atoms with Crippen LogP contribution in [0.3, 0.4) is 0 Å². The zero-order valence-electron chi connectivity index (χ0n) is 10.3. The molecule has 0 aromatic heterocycles. The van der Waals surface area contributed by atoms with Crippen molar-refractivity contribution < 1.29 is 17.9 Å². The van der Waals surface area contributed by atoms with Crippen molar-refractivity contribution in [2.24, 2.45) is 4.36 Å². The van der Waals surface area contributed by atoms with Gasteiger partial charge in [-0.2, -0.15) is 12.8 Å². The van der Waals surface area contributed by atoms with Crippen molar-refractivity contribution in [3.63, 3.8) is 0 Å². The Labute approximate surface area is 132 Å². The van der Waals surface area contributed by atoms with Crippen molar-refractivity contribution in [2.45, 2.75) is 6.92 Å². The summed E-state index contributed by atoms with van der Waals surface area (Å²) >= 11 is 16.8. The van der Waals surface area contributed by atoms with Crippen molar-refractivity contribution in [2.75, 3.05) is 18.9 Å². The first-order valence-corrected chi connectivity index (χ1v) is 7.27. The first kappa shape index (κ1) is 19.0. The van der Waals surface area contributed by atoms with Gasteiger partial charge in [0.1, 0.15) is 0 Å². The van der Waals surface area contributed by atoms with Crippen molar-refractivity contribution in [1.82, 2.24) is 0 Å². The van der Waals surface area contributed by atoms with E-state index in [4.69, 9.17) is 40.5 Å². The summed E-state index contributed by atoms with van der Waals surface area (Å²) < 4.78 is 26.7. The highest BCUT2D eigenvalue weighted by molar-refractivity contribution is 7.61. The third-order valence-electron chi connectivity index (χ3n) is 1.65. The second-order valence-corrected chi connectivity index (χ2v) is 5.04. The first-order chi connectivity index (χ1) is 9.27. The van der Waals surface area contributed by atoms with Gasteiger partial charge < -0.3 is 10.5 Å². The molecule has 0 bridgehead atoms. The van der Waals surface area contributed by atoms with Gasteiger partial charge in [0.05, 0.1) is 22.3 Å². The molecular formula is C10H11Cl3N2O4S. The quantitative estimate of drug-likeness (QED) is 0.659. The van der Waals surface area contributed by atoms with Gasteiger partial charge in [-0.1, -0.05) is 34.8 Å². The number of nitrogen functional groups attached to an aromatic ring is 1. The molecule has 1 aromatic carbocycles. The molecule has 0 aliphatic heterocycles. The zero-order chi connectivity index (χ0) is 15.7. The SMILES string of the molecule is CCOC(=O)CN=S(=O)=O.Nc1c(Cl)cc(Cl)cc1Cl. The largest absolute Gasteiger partial charge is 0.465 e. The Morgan fingerprint density at radius 1 is 1.30 bits per heavy atom. The van der Waals surface area contributed by atoms with Gasteiger partial charge in [0, 0.05) is 5.02 Å². The van der Waals surface area contributed by atoms with E-state index < -0.39 is 23.0 Å². The fraction of sp³-hybridized carbons (Fsp3) is 0.300. The van der Waals surface area contributed by atoms with E-state index in [2.05, 4.69) is 9.10 Å². The number of carbonyl (C=O) groups excluding carboxylic acids is 1. The third kappa shape index (κ3) is 8.21. The minimum absolute atomic E-state index is 0.236. The molecule has 0 atom stereocenters. The Morgan fingerprint density at radius 2 is 1.80 bits per heavy atom. The van der Waals surface area contributed by atoms with Gasteiger partial charge in [0.2, 0.25) is 0 Å². The highest BCUT2D eigenvalue weighted by Gasteiger charge is 2.02. The van der Waals surface area contributed by atoms with Crippen molar-refractivity contribution in [3.05, 3.63) is 27.2 Å². The number of hydrogen-bond donors (Lipinski definition) is 1. The molecule has 0 fully saturated rings. The first-order valence-electron chi connectivity index (χ1n) is 5.10. The van der Waals surface area contributed by atoms with Crippen LogP contribution in [0.15, 0.2) is 16.5 Å². The lowest BCUT2D eigenvalue weighted by Crippen LogP contribution is -2.06. The topological polar surface area (TPSA) is 98.8 Å². The van der Waals surface area contributed by atoms with Crippen LogP contribution in [0.5, 0.6) is 0 Å². The molecule has 0 saturated carbocycles. The Kier molecular flexibility index (Phi) is 9.32. The van der Waals surface area contributed by atoms with Gasteiger partial charge >= 0.3 is 16.5 Å². The summed E-state index contributed by atoms with van der Waals surface area (Å²) in [4.78, 5) is 10.4. The van der Waals surface area contributed by atoms with Gasteiger partial charge in [0.25, 0.3) is 0 Å². The molecule has 0 spiro atoms. The molecule has 0 amide bonds. The summed E-state index contributed by atoms with van der Waals surface area (Å²) in [5, 5.41) is 1.26. The summed E-state index contributed by atoms with van der Waals surface area (Å²) in [6, 6.07) is 3.09. The Morgan fingerprint density at radius 3 is 2.20 bits per heavy atom. The molecule has 0 aliphatic rings. The Hall–Kier alpha value is -1.02. The molecule has 6 nitrogen and oxygen atoms in total. The third-order valence-corrected chi connectivity index (χ3v) is 2.83. The normalized spacial score (nSPS) is 9.20. The van der Waals surface area contributed by atoms with Gasteiger partial charge in [-0.15, -0.1) is 0 Å². The van der Waals surface area contributed by atoms with Crippen molar-refractivity contribution in [3.8, 4) is 0 Å². The second kappa shape index (κ2) is 9.82. The standard InChI is InChI=1S/C6H4Cl3N.C4H7NO4S/c7-3-1-4(8)6(10)5(9)2-3;1-2-9-4(6)3-5-10(7)8/h1-2H,10H2;2-3H2,1H3. The van der Waals surface area contributed by atoms with Gasteiger partial charge in [-0.3, -0.25) is 4.79 Å². The molecule has 20 heavy (non-hydrogen) atoms. The van der Waals surface area contributed by atoms with E-state index in [9.17, 15) is 13.2 Å². The molecule has 2 N–H and O–H groups in total. The average Bonchev–Trinajstić information content (AvgIpc) is 2.34. The highest BCUT2D eigenvalue weighted by Crippen LogP contribution is 2.30. The molecule has 0 aliphatic carbocycles. The van der Waals surface area contributed by atoms with Crippen LogP contribution in [-0.4, -0.2) is 27.5 Å². The van der Waals surface area contributed by atoms with Crippen LogP contribution in [-0.2, 0) is 20.0 Å². The molecule has 0 unspecified atom stereocenters. The number of benzene rings is 1. The molecule has 0 radical (unpaired) electrons. The zero-order valence-corrected chi connectivity index (χ0v) is 13.4. The van der Waals surface area contributed by atoms with E-state index in [1.807, 2.05) is 0 Å². The number of rotatable bonds is 3. The monoisotopic (exact) mass is 360 g/mol. The molecular weight excluding hydrogens is 351 g/mol. The Bertz CT molecular complexity index is 574. The van der Waals surface area contributed by atoms with E-state index >= 15 is 0 Å². The maximum atomic E-state index is 10.4. The predicted octanol–water partition coefficient (Wildman–Crippen LogP) is 2.84. The number of nitrogens with zero attached hydrogens (tertiary/aromatic N) is 1. The summed E-state index contributed by atoms with van der Waals surface area (Å²) in [7, 11) is -2.52. The fourth-order valence-corrected chi connectivity index (χ4v) is 1.89. The number of carbonyl (C=O) groups is 1. The lowest BCUT2D eigenvalue weighted by Gasteiger charge is -1.99. The minimum atomic E-state index is -2.52. The number of anilines is 1. The number of esters is 1. The summed E-state index contributed by atoms with van der Waals surface area (Å²) in [6.45, 7) is 1.44. The van der Waals surface area contributed by atoms with Crippen LogP contribution in [0.2, 0.25) is 15.1 Å². The fourth-order valence-electron chi connectivity index (χ4n) is 0.865. The molecule has 0 saturated heterocycles. The average molecular weight is 362 g/mol. The number of ether oxygens (including phenoxy) is 1. The summed E-state index contributed by atoms with van der Waals surface area (Å²) in [6.07, 6.45) is 0. The van der Waals surface area contributed by atoms with Gasteiger partial charge in [0.15, 0.2) is 6.54 Å². The number of nitrogens with two attached hydrogens (primary N) is 1. The van der Waals surface area contributed by atoms with Crippen LogP contribution in [0.1, 0.15) is 6.92 Å². The van der Waals surface area contributed by atoms with Gasteiger partial charge in [-0.25, -0.2) is 0 Å². The molecule has 10 heteroatoms. The highest BCUT2D eigenvalue weighted by atomic mass is 35.5. The second-order valence-electron chi connectivity index (χ2n) is 3.09. The minimum Gasteiger partial charge on any atom is -0.465 e. The van der Waals surface area contributed by atoms with E-state index in [1.165, 1.54) is 0 Å². The molecule has 0 heterocycles. The summed E-state index contributed by atoms with van der Waals surface area (Å²) in [5.41, 5.74) is 5.80. The van der Waals surface area contributed by atoms with Crippen LogP contribution >= 0.6 is 34.8 Å². The van der Waals surface area contributed by atoms with Crippen molar-refractivity contribution in [1.29, 1.82) is 0 Å². The van der Waals surface area contributed by atoms with Crippen molar-refractivity contribution >= 4 is 57.0 Å². The van der Waals surface area contributed by atoms with E-state index in [0.717, 1.165) is 0 Å². The van der Waals surface area contributed by atoms with Crippen LogP contribution in [0.4, 0.5) is 5.69 Å². The van der Waals surface area contributed by atoms with Crippen LogP contribution in [0.25, 0.3) is 0 Å². The maximum Gasteiger partial charge on any atom is 0.328 e. The smallest absolute Gasteiger partial charge is 0.328 e. The summed E-state index contributed by atoms with van der Waals surface area (Å²) in [5.74, 6) is -0.633. The number of hydrogen-bond acceptors (Lipinski definition) is 6.